The van der Waals surface area contributed by atoms with Gasteiger partial charge in [0, 0.05) is 12.0 Å². The van der Waals surface area contributed by atoms with Crippen molar-refractivity contribution in [2.24, 2.45) is 10.8 Å². The maximum Gasteiger partial charge on any atom is 0.272 e. The summed E-state index contributed by atoms with van der Waals surface area (Å²) in [7, 11) is 0. The zero-order valence-electron chi connectivity index (χ0n) is 15.8. The molecule has 0 aliphatic carbocycles. The summed E-state index contributed by atoms with van der Waals surface area (Å²) in [5, 5.41) is 18.0. The van der Waals surface area contributed by atoms with Crippen molar-refractivity contribution in [3.8, 4) is 17.1 Å². The quantitative estimate of drug-likeness (QED) is 0.597. The van der Waals surface area contributed by atoms with E-state index in [4.69, 9.17) is 5.73 Å². The van der Waals surface area contributed by atoms with Crippen LogP contribution >= 0.6 is 0 Å². The molecule has 2 aromatic carbocycles. The van der Waals surface area contributed by atoms with Crippen LogP contribution < -0.4 is 16.1 Å². The molecule has 150 valence electrons. The van der Waals surface area contributed by atoms with Crippen molar-refractivity contribution in [2.45, 2.75) is 12.5 Å². The molecule has 0 radical (unpaired) electrons. The first-order valence-electron chi connectivity index (χ1n) is 9.15. The van der Waals surface area contributed by atoms with Crippen molar-refractivity contribution in [2.75, 3.05) is 10.3 Å². The largest absolute Gasteiger partial charge is 0.508 e. The number of primary amides is 1. The van der Waals surface area contributed by atoms with Gasteiger partial charge in [0.1, 0.15) is 17.5 Å². The first-order chi connectivity index (χ1) is 14.5. The predicted octanol–water partition coefficient (Wildman–Crippen LogP) is 1.91. The van der Waals surface area contributed by atoms with E-state index in [1.807, 2.05) is 18.2 Å². The number of hydrogen-bond acceptors (Lipinski definition) is 7. The van der Waals surface area contributed by atoms with Crippen LogP contribution in [0.4, 0.5) is 11.4 Å². The van der Waals surface area contributed by atoms with Gasteiger partial charge in [-0.25, -0.2) is 9.97 Å². The molecule has 1 atom stereocenters. The molecule has 1 aliphatic rings. The fraction of sp³-hybridized carbons (Fsp3) is 0.0952. The first-order valence-corrected chi connectivity index (χ1v) is 9.15. The van der Waals surface area contributed by atoms with E-state index in [0.29, 0.717) is 22.8 Å². The Hall–Kier alpha value is -4.27. The van der Waals surface area contributed by atoms with Gasteiger partial charge in [-0.15, -0.1) is 0 Å². The Labute approximate surface area is 171 Å². The highest BCUT2D eigenvalue weighted by molar-refractivity contribution is 6.44. The molecule has 4 rings (SSSR count). The van der Waals surface area contributed by atoms with Crippen LogP contribution in [0.1, 0.15) is 6.42 Å². The summed E-state index contributed by atoms with van der Waals surface area (Å²) in [6.45, 7) is 0. The third kappa shape index (κ3) is 3.95. The van der Waals surface area contributed by atoms with Crippen molar-refractivity contribution in [3.63, 3.8) is 0 Å². The van der Waals surface area contributed by atoms with E-state index in [0.717, 1.165) is 0 Å². The Kier molecular flexibility index (Phi) is 5.08. The Morgan fingerprint density at radius 2 is 1.80 bits per heavy atom. The number of nitrogens with two attached hydrogens (primary N) is 1. The zero-order chi connectivity index (χ0) is 21.1. The Morgan fingerprint density at radius 1 is 1.07 bits per heavy atom. The van der Waals surface area contributed by atoms with Crippen molar-refractivity contribution < 1.29 is 14.7 Å². The van der Waals surface area contributed by atoms with Crippen molar-refractivity contribution in [1.82, 2.24) is 9.97 Å². The minimum Gasteiger partial charge on any atom is -0.508 e. The van der Waals surface area contributed by atoms with E-state index in [1.165, 1.54) is 17.4 Å². The summed E-state index contributed by atoms with van der Waals surface area (Å²) in [4.78, 5) is 32.9. The van der Waals surface area contributed by atoms with E-state index in [1.54, 1.807) is 36.4 Å². The van der Waals surface area contributed by atoms with Gasteiger partial charge in [0.15, 0.2) is 5.82 Å². The van der Waals surface area contributed by atoms with E-state index >= 15 is 0 Å². The minimum atomic E-state index is -0.738. The standard InChI is InChI=1S/C21H18N6O3/c22-19(29)18-10-17(26-27(18)15-6-2-1-3-7-15)21(30)25-14-11-23-20(24-12-14)13-5-4-8-16(28)9-13/h1-9,11-12,18,28H,10H2,(H2,22,29)(H,25,30). The first kappa shape index (κ1) is 19.1. The summed E-state index contributed by atoms with van der Waals surface area (Å²) < 4.78 is 0. The van der Waals surface area contributed by atoms with Gasteiger partial charge in [-0.05, 0) is 24.3 Å². The molecule has 1 aromatic heterocycles. The number of hydrazone groups is 1. The lowest BCUT2D eigenvalue weighted by atomic mass is 10.1. The van der Waals surface area contributed by atoms with Crippen LogP contribution in [0, 0.1) is 0 Å². The molecule has 1 aliphatic heterocycles. The molecule has 0 fully saturated rings. The number of para-hydroxylation sites is 1. The molecule has 0 bridgehead atoms. The number of nitrogens with zero attached hydrogens (tertiary/aromatic N) is 4. The second kappa shape index (κ2) is 8.00. The van der Waals surface area contributed by atoms with Crippen LogP contribution in [0.5, 0.6) is 5.75 Å². The van der Waals surface area contributed by atoms with Gasteiger partial charge in [0.25, 0.3) is 5.91 Å². The van der Waals surface area contributed by atoms with E-state index in [2.05, 4.69) is 20.4 Å². The number of phenols is 1. The zero-order valence-corrected chi connectivity index (χ0v) is 15.8. The normalized spacial score (nSPS) is 15.5. The van der Waals surface area contributed by atoms with E-state index in [9.17, 15) is 14.7 Å². The summed E-state index contributed by atoms with van der Waals surface area (Å²) in [6, 6.07) is 14.9. The topological polar surface area (TPSA) is 134 Å². The Morgan fingerprint density at radius 3 is 2.47 bits per heavy atom. The number of hydrogen-bond donors (Lipinski definition) is 3. The molecule has 0 saturated carbocycles. The summed E-state index contributed by atoms with van der Waals surface area (Å²) >= 11 is 0. The lowest BCUT2D eigenvalue weighted by Gasteiger charge is -2.20. The fourth-order valence-corrected chi connectivity index (χ4v) is 3.08. The van der Waals surface area contributed by atoms with Gasteiger partial charge in [-0.3, -0.25) is 14.6 Å². The number of aromatic nitrogens is 2. The lowest BCUT2D eigenvalue weighted by Crippen LogP contribution is -2.39. The van der Waals surface area contributed by atoms with Crippen LogP contribution in [0.2, 0.25) is 0 Å². The molecule has 9 heteroatoms. The van der Waals surface area contributed by atoms with Crippen LogP contribution in [-0.4, -0.2) is 38.6 Å². The average molecular weight is 402 g/mol. The number of phenolic OH excluding ortho intramolecular Hbond substituents is 1. The molecular weight excluding hydrogens is 384 g/mol. The van der Waals surface area contributed by atoms with Crippen LogP contribution in [0.3, 0.4) is 0 Å². The molecule has 2 amide bonds. The molecule has 0 saturated heterocycles. The number of benzene rings is 2. The van der Waals surface area contributed by atoms with Gasteiger partial charge in [-0.1, -0.05) is 30.3 Å². The number of nitrogens with one attached hydrogen (secondary N) is 1. The third-order valence-corrected chi connectivity index (χ3v) is 4.54. The Balaban J connectivity index is 1.50. The van der Waals surface area contributed by atoms with Crippen molar-refractivity contribution >= 4 is 28.9 Å². The maximum absolute atomic E-state index is 12.7. The van der Waals surface area contributed by atoms with E-state index < -0.39 is 17.9 Å². The highest BCUT2D eigenvalue weighted by Crippen LogP contribution is 2.25. The fourth-order valence-electron chi connectivity index (χ4n) is 3.08. The Bertz CT molecular complexity index is 1120. The summed E-state index contributed by atoms with van der Waals surface area (Å²) in [5.41, 5.74) is 7.37. The van der Waals surface area contributed by atoms with Crippen LogP contribution in [-0.2, 0) is 9.59 Å². The molecule has 9 nitrogen and oxygen atoms in total. The van der Waals surface area contributed by atoms with Crippen LogP contribution in [0.15, 0.2) is 72.1 Å². The highest BCUT2D eigenvalue weighted by Gasteiger charge is 2.35. The molecular formula is C21H18N6O3. The second-order valence-electron chi connectivity index (χ2n) is 6.65. The van der Waals surface area contributed by atoms with Gasteiger partial charge in [0.05, 0.1) is 23.8 Å². The van der Waals surface area contributed by atoms with Gasteiger partial charge < -0.3 is 16.2 Å². The molecule has 3 aromatic rings. The molecule has 30 heavy (non-hydrogen) atoms. The number of rotatable bonds is 5. The number of aromatic hydroxyl groups is 1. The smallest absolute Gasteiger partial charge is 0.272 e. The minimum absolute atomic E-state index is 0.0955. The van der Waals surface area contributed by atoms with Gasteiger partial charge in [0.2, 0.25) is 5.91 Å². The van der Waals surface area contributed by atoms with Crippen molar-refractivity contribution in [3.05, 3.63) is 67.0 Å². The third-order valence-electron chi connectivity index (χ3n) is 4.54. The van der Waals surface area contributed by atoms with Gasteiger partial charge >= 0.3 is 0 Å². The number of amides is 2. The van der Waals surface area contributed by atoms with Gasteiger partial charge in [-0.2, -0.15) is 5.10 Å². The summed E-state index contributed by atoms with van der Waals surface area (Å²) in [5.74, 6) is -0.511. The molecule has 0 spiro atoms. The maximum atomic E-state index is 12.7. The SMILES string of the molecule is NC(=O)C1CC(C(=O)Nc2cnc(-c3cccc(O)c3)nc2)=NN1c1ccccc1. The van der Waals surface area contributed by atoms with Crippen molar-refractivity contribution in [1.29, 1.82) is 0 Å². The molecule has 1 unspecified atom stereocenters. The van der Waals surface area contributed by atoms with E-state index in [-0.39, 0.29) is 17.9 Å². The number of carbonyl (C=O) groups excluding carboxylic acids is 2. The number of anilines is 2. The predicted molar refractivity (Wildman–Crippen MR) is 112 cm³/mol. The lowest BCUT2D eigenvalue weighted by molar-refractivity contribution is -0.119. The number of carbonyl (C=O) groups is 2. The molecule has 4 N–H and O–H groups in total. The summed E-state index contributed by atoms with van der Waals surface area (Å²) in [6.07, 6.45) is 3.01. The monoisotopic (exact) mass is 402 g/mol. The molecule has 2 heterocycles. The average Bonchev–Trinajstić information content (AvgIpc) is 3.21. The highest BCUT2D eigenvalue weighted by atomic mass is 16.3. The van der Waals surface area contributed by atoms with Crippen LogP contribution in [0.25, 0.3) is 11.4 Å². The second-order valence-corrected chi connectivity index (χ2v) is 6.65.